The summed E-state index contributed by atoms with van der Waals surface area (Å²) in [5, 5.41) is 0. The Kier molecular flexibility index (Phi) is 9.12. The number of hydrogen-bond acceptors (Lipinski definition) is 3. The third-order valence-corrected chi connectivity index (χ3v) is 5.13. The molecule has 3 nitrogen and oxygen atoms in total. The van der Waals surface area contributed by atoms with Crippen LogP contribution in [0.5, 0.6) is 0 Å². The molecule has 3 aromatic rings. The zero-order valence-corrected chi connectivity index (χ0v) is 21.6. The summed E-state index contributed by atoms with van der Waals surface area (Å²) < 4.78 is 0.857. The van der Waals surface area contributed by atoms with Crippen LogP contribution < -0.4 is 0 Å². The van der Waals surface area contributed by atoms with E-state index < -0.39 is 0 Å². The van der Waals surface area contributed by atoms with Crippen LogP contribution in [0.3, 0.4) is 0 Å². The van der Waals surface area contributed by atoms with Crippen LogP contribution in [0, 0.1) is 20.8 Å². The molecule has 0 fully saturated rings. The van der Waals surface area contributed by atoms with E-state index in [1.165, 1.54) is 22.3 Å². The van der Waals surface area contributed by atoms with E-state index in [-0.39, 0.29) is 5.41 Å². The quantitative estimate of drug-likeness (QED) is 0.286. The molecule has 0 radical (unpaired) electrons. The third kappa shape index (κ3) is 7.85. The molecule has 32 heavy (non-hydrogen) atoms. The molecular weight excluding hydrogens is 434 g/mol. The van der Waals surface area contributed by atoms with Crippen molar-refractivity contribution in [2.24, 2.45) is 9.98 Å². The van der Waals surface area contributed by atoms with Gasteiger partial charge < -0.3 is 0 Å². The fourth-order valence-electron chi connectivity index (χ4n) is 3.37. The van der Waals surface area contributed by atoms with Crippen molar-refractivity contribution in [2.75, 3.05) is 0 Å². The van der Waals surface area contributed by atoms with Gasteiger partial charge in [-0.2, -0.15) is 0 Å². The van der Waals surface area contributed by atoms with E-state index in [0.29, 0.717) is 0 Å². The molecule has 0 aliphatic rings. The van der Waals surface area contributed by atoms with Crippen LogP contribution >= 0.6 is 0 Å². The van der Waals surface area contributed by atoms with Crippen LogP contribution in [0.1, 0.15) is 62.4 Å². The Hall–Kier alpha value is -2.55. The molecule has 1 aromatic heterocycles. The van der Waals surface area contributed by atoms with E-state index >= 15 is 0 Å². The minimum absolute atomic E-state index is 0.181. The van der Waals surface area contributed by atoms with Crippen LogP contribution in [0.2, 0.25) is 0 Å². The minimum atomic E-state index is 0.181. The number of aryl methyl sites for hydroxylation is 3. The average molecular weight is 468 g/mol. The van der Waals surface area contributed by atoms with Crippen molar-refractivity contribution in [3.8, 4) is 0 Å². The van der Waals surface area contributed by atoms with Gasteiger partial charge in [0, 0.05) is 23.7 Å². The van der Waals surface area contributed by atoms with Crippen molar-refractivity contribution in [2.45, 2.75) is 60.8 Å². The number of rotatable bonds is 3. The normalized spacial score (nSPS) is 12.3. The van der Waals surface area contributed by atoms with E-state index in [1.807, 2.05) is 32.2 Å². The number of hydrogen-bond donors (Lipinski definition) is 0. The third-order valence-electron chi connectivity index (χ3n) is 5.01. The second kappa shape index (κ2) is 11.4. The van der Waals surface area contributed by atoms with Crippen LogP contribution in [0.4, 0.5) is 11.4 Å². The molecular formula is C28H34FeN3. The molecule has 0 aliphatic carbocycles. The average Bonchev–Trinajstić information content (AvgIpc) is 2.71. The molecule has 0 unspecified atom stereocenters. The molecule has 0 bridgehead atoms. The van der Waals surface area contributed by atoms with Gasteiger partial charge in [0.2, 0.25) is 0 Å². The maximum absolute atomic E-state index is 4.63. The van der Waals surface area contributed by atoms with E-state index in [9.17, 15) is 0 Å². The van der Waals surface area contributed by atoms with Gasteiger partial charge in [-0.1, -0.05) is 39.0 Å². The number of nitrogens with zero attached hydrogens (tertiary/aromatic N) is 3. The van der Waals surface area contributed by atoms with Crippen molar-refractivity contribution >= 4 is 21.7 Å². The molecule has 0 saturated heterocycles. The van der Waals surface area contributed by atoms with Crippen LogP contribution in [-0.4, -0.2) is 15.3 Å². The van der Waals surface area contributed by atoms with E-state index in [4.69, 9.17) is 0 Å². The summed E-state index contributed by atoms with van der Waals surface area (Å²) in [4.78, 5) is 13.1. The van der Waals surface area contributed by atoms with Gasteiger partial charge in [0.05, 0.1) is 5.69 Å². The first-order valence-corrected chi connectivity index (χ1v) is 11.4. The predicted molar refractivity (Wildman–Crippen MR) is 135 cm³/mol. The summed E-state index contributed by atoms with van der Waals surface area (Å²) in [6, 6.07) is 16.7. The first kappa shape index (κ1) is 25.7. The van der Waals surface area contributed by atoms with Gasteiger partial charge in [-0.3, -0.25) is 9.98 Å². The van der Waals surface area contributed by atoms with Crippen LogP contribution in [0.25, 0.3) is 0 Å². The molecule has 0 saturated carbocycles. The Morgan fingerprint density at radius 1 is 0.875 bits per heavy atom. The Morgan fingerprint density at radius 2 is 1.47 bits per heavy atom. The van der Waals surface area contributed by atoms with E-state index in [2.05, 4.69) is 109 Å². The molecule has 0 atom stereocenters. The van der Waals surface area contributed by atoms with Crippen LogP contribution in [0.15, 0.2) is 70.9 Å². The second-order valence-corrected chi connectivity index (χ2v) is 9.87. The summed E-state index contributed by atoms with van der Waals surface area (Å²) >= 11 is 3.79. The van der Waals surface area contributed by atoms with Gasteiger partial charge in [0.1, 0.15) is 0 Å². The zero-order valence-electron chi connectivity index (χ0n) is 20.5. The van der Waals surface area contributed by atoms with Gasteiger partial charge in [-0.05, 0) is 36.1 Å². The van der Waals surface area contributed by atoms with E-state index in [1.54, 1.807) is 6.20 Å². The molecule has 0 spiro atoms. The molecule has 3 rings (SSSR count). The molecule has 169 valence electrons. The topological polar surface area (TPSA) is 37.6 Å². The monoisotopic (exact) mass is 468 g/mol. The maximum atomic E-state index is 4.63. The number of aliphatic imine (C=N–C) groups is 2. The Balaban J connectivity index is 0.000000244. The predicted octanol–water partition coefficient (Wildman–Crippen LogP) is 7.73. The molecule has 4 heteroatoms. The van der Waals surface area contributed by atoms with E-state index in [0.717, 1.165) is 27.3 Å². The first-order chi connectivity index (χ1) is 15.0. The summed E-state index contributed by atoms with van der Waals surface area (Å²) in [5.41, 5.74) is 9.33. The van der Waals surface area contributed by atoms with Crippen molar-refractivity contribution < 1.29 is 16.0 Å². The molecule has 1 heterocycles. The van der Waals surface area contributed by atoms with Crippen LogP contribution in [-0.2, 0) is 21.4 Å². The summed E-state index contributed by atoms with van der Waals surface area (Å²) in [5.74, 6) is 0. The Morgan fingerprint density at radius 3 is 1.94 bits per heavy atom. The Labute approximate surface area is 202 Å². The van der Waals surface area contributed by atoms with Crippen molar-refractivity contribution in [1.82, 2.24) is 4.98 Å². The van der Waals surface area contributed by atoms with Gasteiger partial charge in [0.25, 0.3) is 0 Å². The van der Waals surface area contributed by atoms with Crippen molar-refractivity contribution in [1.29, 1.82) is 0 Å². The first-order valence-electron chi connectivity index (χ1n) is 10.8. The second-order valence-electron chi connectivity index (χ2n) is 9.07. The number of pyridine rings is 1. The van der Waals surface area contributed by atoms with Gasteiger partial charge >= 0.3 is 87.8 Å². The standard InChI is InChI=1S/C17H20N2.C11H14N.Fe/c1-13(14-6-5-11-18-12-14)19-16-9-7-15(8-10-16)17(2,3)4;1-5-12-11-9(3)6-8(2)7-10(11)4;/h5-12H,1-4H3;6-7H,1-4H3;. The van der Waals surface area contributed by atoms with Crippen molar-refractivity contribution in [3.63, 3.8) is 0 Å². The summed E-state index contributed by atoms with van der Waals surface area (Å²) in [6.07, 6.45) is 3.61. The van der Waals surface area contributed by atoms with Gasteiger partial charge in [-0.25, -0.2) is 0 Å². The molecule has 0 amide bonds. The number of aromatic nitrogens is 1. The summed E-state index contributed by atoms with van der Waals surface area (Å²) in [6.45, 7) is 16.8. The van der Waals surface area contributed by atoms with Crippen molar-refractivity contribution in [3.05, 3.63) is 88.7 Å². The molecule has 0 aliphatic heterocycles. The Bertz CT molecular complexity index is 1060. The van der Waals surface area contributed by atoms with Gasteiger partial charge in [-0.15, -0.1) is 0 Å². The summed E-state index contributed by atoms with van der Waals surface area (Å²) in [7, 11) is 0. The SMILES string of the molecule is CC(=Nc1ccc(C(C)(C)C)cc1)c1cccnc1.C[C]([Fe])=Nc1c(C)cc(C)cc1C. The fourth-order valence-corrected chi connectivity index (χ4v) is 3.49. The number of benzene rings is 2. The molecule has 0 N–H and O–H groups in total. The van der Waals surface area contributed by atoms with Gasteiger partial charge in [0.15, 0.2) is 0 Å². The zero-order chi connectivity index (χ0) is 23.9. The molecule has 2 aromatic carbocycles. The fraction of sp³-hybridized carbons (Fsp3) is 0.321.